The predicted octanol–water partition coefficient (Wildman–Crippen LogP) is 4.30. The highest BCUT2D eigenvalue weighted by atomic mass is 35.5. The van der Waals surface area contributed by atoms with Crippen LogP contribution in [0.3, 0.4) is 0 Å². The zero-order valence-electron chi connectivity index (χ0n) is 9.35. The molecule has 0 saturated heterocycles. The van der Waals surface area contributed by atoms with Crippen LogP contribution in [0.15, 0.2) is 30.3 Å². The van der Waals surface area contributed by atoms with E-state index < -0.39 is 17.5 Å². The lowest BCUT2D eigenvalue weighted by Crippen LogP contribution is -1.85. The van der Waals surface area contributed by atoms with Gasteiger partial charge in [0.15, 0.2) is 11.6 Å². The normalized spacial score (nSPS) is 11.2. The van der Waals surface area contributed by atoms with Gasteiger partial charge < -0.3 is 4.98 Å². The number of imidazole rings is 1. The molecule has 0 atom stereocenters. The highest BCUT2D eigenvalue weighted by Gasteiger charge is 2.13. The molecule has 3 aromatic rings. The Morgan fingerprint density at radius 3 is 2.53 bits per heavy atom. The first-order chi connectivity index (χ1) is 9.06. The van der Waals surface area contributed by atoms with Crippen molar-refractivity contribution in [1.29, 1.82) is 0 Å². The number of halogens is 4. The molecule has 0 bridgehead atoms. The van der Waals surface area contributed by atoms with E-state index in [1.165, 1.54) is 12.1 Å². The van der Waals surface area contributed by atoms with Crippen LogP contribution in [0.4, 0.5) is 13.2 Å². The van der Waals surface area contributed by atoms with E-state index in [4.69, 9.17) is 11.6 Å². The third-order valence-corrected chi connectivity index (χ3v) is 3.11. The second kappa shape index (κ2) is 4.28. The maximum absolute atomic E-state index is 13.4. The molecule has 2 aromatic carbocycles. The van der Waals surface area contributed by atoms with Crippen molar-refractivity contribution >= 4 is 22.6 Å². The predicted molar refractivity (Wildman–Crippen MR) is 66.4 cm³/mol. The van der Waals surface area contributed by atoms with Crippen LogP contribution < -0.4 is 0 Å². The van der Waals surface area contributed by atoms with Crippen molar-refractivity contribution in [2.45, 2.75) is 0 Å². The van der Waals surface area contributed by atoms with Crippen LogP contribution in [0.2, 0.25) is 5.02 Å². The van der Waals surface area contributed by atoms with E-state index in [0.717, 1.165) is 12.1 Å². The number of hydrogen-bond donors (Lipinski definition) is 1. The number of nitrogens with zero attached hydrogens (tertiary/aromatic N) is 1. The molecule has 0 aliphatic heterocycles. The van der Waals surface area contributed by atoms with Crippen LogP contribution in [-0.2, 0) is 0 Å². The van der Waals surface area contributed by atoms with Crippen molar-refractivity contribution in [3.63, 3.8) is 0 Å². The first kappa shape index (κ1) is 12.0. The monoisotopic (exact) mass is 282 g/mol. The van der Waals surface area contributed by atoms with Crippen molar-refractivity contribution in [2.24, 2.45) is 0 Å². The summed E-state index contributed by atoms with van der Waals surface area (Å²) < 4.78 is 39.5. The summed E-state index contributed by atoms with van der Waals surface area (Å²) in [5.74, 6) is -2.30. The van der Waals surface area contributed by atoms with Crippen LogP contribution in [0.1, 0.15) is 0 Å². The van der Waals surface area contributed by atoms with Gasteiger partial charge in [0, 0.05) is 17.7 Å². The molecule has 0 radical (unpaired) electrons. The lowest BCUT2D eigenvalue weighted by Gasteiger charge is -2.00. The van der Waals surface area contributed by atoms with Gasteiger partial charge in [0.25, 0.3) is 0 Å². The van der Waals surface area contributed by atoms with Crippen molar-refractivity contribution in [3.8, 4) is 11.4 Å². The average molecular weight is 283 g/mol. The van der Waals surface area contributed by atoms with Crippen LogP contribution in [0, 0.1) is 17.5 Å². The van der Waals surface area contributed by atoms with Gasteiger partial charge in [0.05, 0.1) is 16.1 Å². The molecule has 1 N–H and O–H groups in total. The Hall–Kier alpha value is -2.01. The van der Waals surface area contributed by atoms with Crippen LogP contribution in [0.25, 0.3) is 22.4 Å². The van der Waals surface area contributed by atoms with Gasteiger partial charge in [-0.2, -0.15) is 0 Å². The molecule has 0 unspecified atom stereocenters. The third-order valence-electron chi connectivity index (χ3n) is 2.73. The quantitative estimate of drug-likeness (QED) is 0.708. The van der Waals surface area contributed by atoms with Gasteiger partial charge in [0.2, 0.25) is 0 Å². The maximum Gasteiger partial charge on any atom is 0.161 e. The minimum Gasteiger partial charge on any atom is -0.338 e. The molecule has 1 heterocycles. The van der Waals surface area contributed by atoms with E-state index in [9.17, 15) is 13.2 Å². The molecule has 0 aliphatic carbocycles. The number of rotatable bonds is 1. The number of hydrogen-bond acceptors (Lipinski definition) is 1. The maximum atomic E-state index is 13.4. The first-order valence-electron chi connectivity index (χ1n) is 5.35. The number of benzene rings is 2. The van der Waals surface area contributed by atoms with Crippen molar-refractivity contribution in [1.82, 2.24) is 9.97 Å². The van der Waals surface area contributed by atoms with Gasteiger partial charge in [-0.05, 0) is 12.1 Å². The summed E-state index contributed by atoms with van der Waals surface area (Å²) in [6.45, 7) is 0. The zero-order valence-corrected chi connectivity index (χ0v) is 10.1. The molecule has 0 fully saturated rings. The topological polar surface area (TPSA) is 28.7 Å². The number of aromatic amines is 1. The Kier molecular flexibility index (Phi) is 2.71. The summed E-state index contributed by atoms with van der Waals surface area (Å²) >= 11 is 5.83. The van der Waals surface area contributed by atoms with Crippen LogP contribution in [-0.4, -0.2) is 9.97 Å². The highest BCUT2D eigenvalue weighted by molar-refractivity contribution is 6.33. The van der Waals surface area contributed by atoms with Crippen molar-refractivity contribution in [2.75, 3.05) is 0 Å². The summed E-state index contributed by atoms with van der Waals surface area (Å²) in [6, 6.07) is 6.22. The second-order valence-corrected chi connectivity index (χ2v) is 4.35. The van der Waals surface area contributed by atoms with E-state index in [-0.39, 0.29) is 16.4 Å². The van der Waals surface area contributed by atoms with Crippen LogP contribution in [0.5, 0.6) is 0 Å². The largest absolute Gasteiger partial charge is 0.338 e. The third kappa shape index (κ3) is 1.96. The van der Waals surface area contributed by atoms with E-state index in [1.54, 1.807) is 6.07 Å². The molecule has 19 heavy (non-hydrogen) atoms. The standard InChI is InChI=1S/C13H6ClF3N2/c14-12-6(2-1-3-7(12)15)13-18-10-4-8(16)9(17)5-11(10)19-13/h1-5H,(H,18,19). The van der Waals surface area contributed by atoms with E-state index in [0.29, 0.717) is 11.1 Å². The summed E-state index contributed by atoms with van der Waals surface area (Å²) in [5.41, 5.74) is 0.891. The molecule has 0 aliphatic rings. The minimum absolute atomic E-state index is 0.0949. The number of fused-ring (bicyclic) bond motifs is 1. The Labute approximate surface area is 110 Å². The molecular formula is C13H6ClF3N2. The van der Waals surface area contributed by atoms with Gasteiger partial charge in [-0.25, -0.2) is 18.2 Å². The highest BCUT2D eigenvalue weighted by Crippen LogP contribution is 2.29. The van der Waals surface area contributed by atoms with E-state index in [1.807, 2.05) is 0 Å². The molecule has 3 rings (SSSR count). The molecule has 0 saturated carbocycles. The summed E-state index contributed by atoms with van der Waals surface area (Å²) in [4.78, 5) is 6.85. The fraction of sp³-hybridized carbons (Fsp3) is 0. The van der Waals surface area contributed by atoms with Gasteiger partial charge in [-0.15, -0.1) is 0 Å². The van der Waals surface area contributed by atoms with E-state index in [2.05, 4.69) is 9.97 Å². The molecule has 0 spiro atoms. The lowest BCUT2D eigenvalue weighted by molar-refractivity contribution is 0.510. The number of H-pyrrole nitrogens is 1. The minimum atomic E-state index is -0.990. The fourth-order valence-electron chi connectivity index (χ4n) is 1.82. The molecule has 6 heteroatoms. The molecular weight excluding hydrogens is 277 g/mol. The fourth-order valence-corrected chi connectivity index (χ4v) is 2.03. The molecule has 96 valence electrons. The Morgan fingerprint density at radius 1 is 1.00 bits per heavy atom. The summed E-state index contributed by atoms with van der Waals surface area (Å²) in [6.07, 6.45) is 0. The average Bonchev–Trinajstić information content (AvgIpc) is 2.76. The van der Waals surface area contributed by atoms with Gasteiger partial charge >= 0.3 is 0 Å². The lowest BCUT2D eigenvalue weighted by atomic mass is 10.2. The first-order valence-corrected chi connectivity index (χ1v) is 5.73. The SMILES string of the molecule is Fc1cc2nc(-c3cccc(F)c3Cl)[nH]c2cc1F. The Balaban J connectivity index is 2.23. The molecule has 1 aromatic heterocycles. The Morgan fingerprint density at radius 2 is 1.74 bits per heavy atom. The molecule has 2 nitrogen and oxygen atoms in total. The second-order valence-electron chi connectivity index (χ2n) is 3.97. The molecule has 0 amide bonds. The summed E-state index contributed by atoms with van der Waals surface area (Å²) in [5, 5.41) is -0.0949. The van der Waals surface area contributed by atoms with E-state index >= 15 is 0 Å². The van der Waals surface area contributed by atoms with Crippen molar-refractivity contribution in [3.05, 3.63) is 52.8 Å². The van der Waals surface area contributed by atoms with Crippen LogP contribution >= 0.6 is 11.6 Å². The zero-order chi connectivity index (χ0) is 13.6. The number of nitrogens with one attached hydrogen (secondary N) is 1. The summed E-state index contributed by atoms with van der Waals surface area (Å²) in [7, 11) is 0. The van der Waals surface area contributed by atoms with Gasteiger partial charge in [0.1, 0.15) is 11.6 Å². The van der Waals surface area contributed by atoms with Gasteiger partial charge in [-0.1, -0.05) is 17.7 Å². The number of aromatic nitrogens is 2. The van der Waals surface area contributed by atoms with Gasteiger partial charge in [-0.3, -0.25) is 0 Å². The smallest absolute Gasteiger partial charge is 0.161 e. The van der Waals surface area contributed by atoms with Crippen molar-refractivity contribution < 1.29 is 13.2 Å². The Bertz CT molecular complexity index is 744.